The van der Waals surface area contributed by atoms with Gasteiger partial charge in [0.15, 0.2) is 0 Å². The number of rotatable bonds is 7. The number of anilines is 1. The predicted octanol–water partition coefficient (Wildman–Crippen LogP) is 4.37. The molecule has 1 N–H and O–H groups in total. The number of thiophene rings is 1. The molecule has 0 atom stereocenters. The summed E-state index contributed by atoms with van der Waals surface area (Å²) in [6, 6.07) is 8.89. The first kappa shape index (κ1) is 22.3. The van der Waals surface area contributed by atoms with Crippen molar-refractivity contribution >= 4 is 34.7 Å². The van der Waals surface area contributed by atoms with Gasteiger partial charge >= 0.3 is 0 Å². The SMILES string of the molecule is COCCn1ccc(-c2cc(NCc3ccc(Cl)s3)n(C(=O)C(C)(C)C)n2)cc1=O. The molecule has 0 aliphatic rings. The van der Waals surface area contributed by atoms with Crippen molar-refractivity contribution in [2.75, 3.05) is 19.0 Å². The maximum Gasteiger partial charge on any atom is 0.254 e. The molecule has 0 bridgehead atoms. The Labute approximate surface area is 184 Å². The highest BCUT2D eigenvalue weighted by Gasteiger charge is 2.27. The second-order valence-electron chi connectivity index (χ2n) is 7.88. The van der Waals surface area contributed by atoms with E-state index in [1.54, 1.807) is 23.9 Å². The standard InChI is InChI=1S/C21H25ClN4O3S/c1-21(2,3)20(28)26-18(23-13-15-5-6-17(22)30-15)12-16(24-26)14-7-8-25(9-10-29-4)19(27)11-14/h5-8,11-12,23H,9-10,13H2,1-4H3. The molecule has 0 saturated carbocycles. The average molecular weight is 449 g/mol. The summed E-state index contributed by atoms with van der Waals surface area (Å²) in [7, 11) is 1.59. The van der Waals surface area contributed by atoms with Crippen molar-refractivity contribution in [1.29, 1.82) is 0 Å². The smallest absolute Gasteiger partial charge is 0.254 e. The summed E-state index contributed by atoms with van der Waals surface area (Å²) >= 11 is 7.48. The average Bonchev–Trinajstić information content (AvgIpc) is 3.30. The van der Waals surface area contributed by atoms with Crippen LogP contribution in [0.25, 0.3) is 11.3 Å². The van der Waals surface area contributed by atoms with Gasteiger partial charge in [-0.2, -0.15) is 9.78 Å². The summed E-state index contributed by atoms with van der Waals surface area (Å²) in [5.41, 5.74) is 0.436. The van der Waals surface area contributed by atoms with Gasteiger partial charge in [-0.3, -0.25) is 9.59 Å². The summed E-state index contributed by atoms with van der Waals surface area (Å²) in [5.74, 6) is 0.423. The fourth-order valence-corrected chi connectivity index (χ4v) is 3.81. The van der Waals surface area contributed by atoms with Crippen LogP contribution in [0.2, 0.25) is 4.34 Å². The molecule has 0 aromatic carbocycles. The van der Waals surface area contributed by atoms with Crippen molar-refractivity contribution in [3.63, 3.8) is 0 Å². The lowest BCUT2D eigenvalue weighted by Gasteiger charge is -2.18. The van der Waals surface area contributed by atoms with Crippen LogP contribution in [-0.2, 0) is 17.8 Å². The van der Waals surface area contributed by atoms with Crippen molar-refractivity contribution in [2.45, 2.75) is 33.9 Å². The fourth-order valence-electron chi connectivity index (χ4n) is 2.79. The lowest BCUT2D eigenvalue weighted by molar-refractivity contribution is 0.0752. The molecule has 3 aromatic heterocycles. The van der Waals surface area contributed by atoms with Crippen molar-refractivity contribution < 1.29 is 9.53 Å². The number of hydrogen-bond acceptors (Lipinski definition) is 6. The Balaban J connectivity index is 1.93. The molecule has 160 valence electrons. The van der Waals surface area contributed by atoms with E-state index in [1.165, 1.54) is 22.1 Å². The van der Waals surface area contributed by atoms with Crippen molar-refractivity contribution in [2.24, 2.45) is 5.41 Å². The van der Waals surface area contributed by atoms with E-state index >= 15 is 0 Å². The van der Waals surface area contributed by atoms with Crippen molar-refractivity contribution in [3.05, 3.63) is 56.1 Å². The third-order valence-corrected chi connectivity index (χ3v) is 5.68. The number of nitrogens with zero attached hydrogens (tertiary/aromatic N) is 3. The van der Waals surface area contributed by atoms with E-state index in [9.17, 15) is 9.59 Å². The Kier molecular flexibility index (Phi) is 6.80. The number of methoxy groups -OCH3 is 1. The van der Waals surface area contributed by atoms with Gasteiger partial charge in [0.2, 0.25) is 0 Å². The molecule has 3 rings (SSSR count). The molecule has 9 heteroatoms. The number of halogens is 1. The first-order valence-electron chi connectivity index (χ1n) is 9.52. The van der Waals surface area contributed by atoms with Gasteiger partial charge < -0.3 is 14.6 Å². The van der Waals surface area contributed by atoms with Gasteiger partial charge in [0.05, 0.1) is 23.2 Å². The molecular formula is C21H25ClN4O3S. The van der Waals surface area contributed by atoms with Crippen LogP contribution in [0.1, 0.15) is 30.4 Å². The van der Waals surface area contributed by atoms with Gasteiger partial charge in [-0.25, -0.2) is 0 Å². The predicted molar refractivity (Wildman–Crippen MR) is 121 cm³/mol. The van der Waals surface area contributed by atoms with E-state index in [0.717, 1.165) is 4.88 Å². The number of carbonyl (C=O) groups excluding carboxylic acids is 1. The van der Waals surface area contributed by atoms with Crippen LogP contribution >= 0.6 is 22.9 Å². The molecule has 0 aliphatic carbocycles. The van der Waals surface area contributed by atoms with Crippen LogP contribution in [0.3, 0.4) is 0 Å². The van der Waals surface area contributed by atoms with E-state index in [2.05, 4.69) is 10.4 Å². The Hall–Kier alpha value is -2.42. The highest BCUT2D eigenvalue weighted by Crippen LogP contribution is 2.27. The van der Waals surface area contributed by atoms with Crippen LogP contribution in [0.15, 0.2) is 41.3 Å². The molecule has 0 radical (unpaired) electrons. The topological polar surface area (TPSA) is 78.2 Å². The minimum atomic E-state index is -0.616. The van der Waals surface area contributed by atoms with E-state index in [0.29, 0.717) is 41.1 Å². The number of pyridine rings is 1. The van der Waals surface area contributed by atoms with Gasteiger partial charge in [0.1, 0.15) is 5.82 Å². The normalized spacial score (nSPS) is 11.6. The van der Waals surface area contributed by atoms with Gasteiger partial charge in [-0.1, -0.05) is 32.4 Å². The van der Waals surface area contributed by atoms with Crippen LogP contribution in [0, 0.1) is 5.41 Å². The maximum absolute atomic E-state index is 12.9. The van der Waals surface area contributed by atoms with E-state index in [-0.39, 0.29) is 11.5 Å². The monoisotopic (exact) mass is 448 g/mol. The molecular weight excluding hydrogens is 424 g/mol. The molecule has 0 aliphatic heterocycles. The Morgan fingerprint density at radius 3 is 2.63 bits per heavy atom. The van der Waals surface area contributed by atoms with E-state index in [4.69, 9.17) is 16.3 Å². The summed E-state index contributed by atoms with van der Waals surface area (Å²) in [6.45, 7) is 6.97. The molecule has 0 spiro atoms. The first-order chi connectivity index (χ1) is 14.2. The Bertz CT molecular complexity index is 1090. The number of aromatic nitrogens is 3. The summed E-state index contributed by atoms with van der Waals surface area (Å²) in [5, 5.41) is 7.78. The van der Waals surface area contributed by atoms with Crippen LogP contribution in [0.4, 0.5) is 5.82 Å². The zero-order valence-corrected chi connectivity index (χ0v) is 19.0. The molecule has 3 heterocycles. The molecule has 3 aromatic rings. The number of carbonyl (C=O) groups is 1. The first-order valence-corrected chi connectivity index (χ1v) is 10.7. The van der Waals surface area contributed by atoms with Crippen LogP contribution in [-0.4, -0.2) is 34.0 Å². The zero-order chi connectivity index (χ0) is 21.9. The molecule has 0 amide bonds. The highest BCUT2D eigenvalue weighted by atomic mass is 35.5. The number of ether oxygens (including phenoxy) is 1. The second-order valence-corrected chi connectivity index (χ2v) is 9.68. The van der Waals surface area contributed by atoms with Gasteiger partial charge in [-0.15, -0.1) is 11.3 Å². The zero-order valence-electron chi connectivity index (χ0n) is 17.4. The Morgan fingerprint density at radius 2 is 2.03 bits per heavy atom. The molecule has 0 saturated heterocycles. The Morgan fingerprint density at radius 1 is 1.27 bits per heavy atom. The van der Waals surface area contributed by atoms with Crippen LogP contribution < -0.4 is 10.9 Å². The third-order valence-electron chi connectivity index (χ3n) is 4.44. The van der Waals surface area contributed by atoms with E-state index < -0.39 is 5.41 Å². The fraction of sp³-hybridized carbons (Fsp3) is 0.381. The third kappa shape index (κ3) is 5.19. The van der Waals surface area contributed by atoms with Crippen molar-refractivity contribution in [3.8, 4) is 11.3 Å². The molecule has 30 heavy (non-hydrogen) atoms. The maximum atomic E-state index is 12.9. The van der Waals surface area contributed by atoms with Gasteiger partial charge in [0.25, 0.3) is 11.5 Å². The minimum Gasteiger partial charge on any atom is -0.383 e. The van der Waals surface area contributed by atoms with Crippen molar-refractivity contribution in [1.82, 2.24) is 14.3 Å². The summed E-state index contributed by atoms with van der Waals surface area (Å²) in [4.78, 5) is 26.4. The molecule has 7 nitrogen and oxygen atoms in total. The molecule has 0 fully saturated rings. The summed E-state index contributed by atoms with van der Waals surface area (Å²) in [6.07, 6.45) is 1.71. The van der Waals surface area contributed by atoms with Gasteiger partial charge in [0, 0.05) is 47.8 Å². The lowest BCUT2D eigenvalue weighted by atomic mass is 9.96. The number of nitrogens with one attached hydrogen (secondary N) is 1. The minimum absolute atomic E-state index is 0.145. The van der Waals surface area contributed by atoms with Crippen LogP contribution in [0.5, 0.6) is 0 Å². The van der Waals surface area contributed by atoms with E-state index in [1.807, 2.05) is 39.0 Å². The summed E-state index contributed by atoms with van der Waals surface area (Å²) < 4.78 is 8.69. The molecule has 0 unspecified atom stereocenters. The van der Waals surface area contributed by atoms with Gasteiger partial charge in [-0.05, 0) is 18.2 Å². The second kappa shape index (κ2) is 9.16. The number of hydrogen-bond donors (Lipinski definition) is 1. The lowest BCUT2D eigenvalue weighted by Crippen LogP contribution is -2.28. The highest BCUT2D eigenvalue weighted by molar-refractivity contribution is 7.16. The quantitative estimate of drug-likeness (QED) is 0.580. The largest absolute Gasteiger partial charge is 0.383 e.